The van der Waals surface area contributed by atoms with Gasteiger partial charge >= 0.3 is 0 Å². The number of ether oxygens (including phenoxy) is 2. The smallest absolute Gasteiger partial charge is 0.270 e. The highest BCUT2D eigenvalue weighted by atomic mass is 32.2. The van der Waals surface area contributed by atoms with Gasteiger partial charge in [-0.25, -0.2) is 0 Å². The predicted molar refractivity (Wildman–Crippen MR) is 130 cm³/mol. The number of aryl methyl sites for hydroxylation is 1. The summed E-state index contributed by atoms with van der Waals surface area (Å²) in [6.45, 7) is 5.44. The van der Waals surface area contributed by atoms with Crippen molar-refractivity contribution in [3.8, 4) is 11.5 Å². The molecule has 2 heterocycles. The van der Waals surface area contributed by atoms with Crippen LogP contribution in [0.1, 0.15) is 31.4 Å². The van der Waals surface area contributed by atoms with Gasteiger partial charge in [-0.2, -0.15) is 5.01 Å². The minimum Gasteiger partial charge on any atom is -0.497 e. The summed E-state index contributed by atoms with van der Waals surface area (Å²) in [5, 5.41) is 8.29. The summed E-state index contributed by atoms with van der Waals surface area (Å²) in [7, 11) is 1.61. The van der Waals surface area contributed by atoms with Gasteiger partial charge in [0, 0.05) is 26.0 Å². The molecule has 0 saturated heterocycles. The number of benzene rings is 2. The highest BCUT2D eigenvalue weighted by molar-refractivity contribution is 8.15. The number of nitrogens with one attached hydrogen (secondary N) is 1. The zero-order valence-corrected chi connectivity index (χ0v) is 20.3. The van der Waals surface area contributed by atoms with E-state index in [9.17, 15) is 14.4 Å². The first-order valence-electron chi connectivity index (χ1n) is 10.8. The van der Waals surface area contributed by atoms with E-state index < -0.39 is 10.8 Å². The number of anilines is 1. The molecule has 3 amide bonds. The Morgan fingerprint density at radius 1 is 1.12 bits per heavy atom. The van der Waals surface area contributed by atoms with E-state index in [0.717, 1.165) is 28.8 Å². The molecule has 0 bridgehead atoms. The number of hydrogen-bond donors (Lipinski definition) is 1. The standard InChI is InChI=1S/C24H26N4O5S/c1-15-6-11-21-20(14-15)24(28(17(3)30)26-23(34-24)25-16(2)29)22(31)27(21)12-5-13-33-19-9-7-18(32-4)8-10-19/h6-11,14H,5,12-13H2,1-4H3,(H,25,26,29). The molecular formula is C24H26N4O5S. The van der Waals surface area contributed by atoms with Crippen LogP contribution in [0.2, 0.25) is 0 Å². The van der Waals surface area contributed by atoms with Crippen molar-refractivity contribution in [3.05, 3.63) is 53.6 Å². The predicted octanol–water partition coefficient (Wildman–Crippen LogP) is 2.97. The van der Waals surface area contributed by atoms with E-state index in [1.165, 1.54) is 18.9 Å². The summed E-state index contributed by atoms with van der Waals surface area (Å²) < 4.78 is 11.0. The monoisotopic (exact) mass is 482 g/mol. The van der Waals surface area contributed by atoms with Gasteiger partial charge in [0.15, 0.2) is 5.17 Å². The lowest BCUT2D eigenvalue weighted by atomic mass is 10.0. The van der Waals surface area contributed by atoms with Crippen LogP contribution in [-0.4, -0.2) is 48.2 Å². The van der Waals surface area contributed by atoms with Gasteiger partial charge in [-0.3, -0.25) is 14.4 Å². The molecule has 2 aliphatic heterocycles. The molecule has 0 aromatic heterocycles. The number of rotatable bonds is 6. The van der Waals surface area contributed by atoms with Crippen molar-refractivity contribution in [3.63, 3.8) is 0 Å². The van der Waals surface area contributed by atoms with Crippen LogP contribution >= 0.6 is 11.8 Å². The van der Waals surface area contributed by atoms with Crippen LogP contribution in [0.5, 0.6) is 11.5 Å². The number of carbonyl (C=O) groups excluding carboxylic acids is 3. The fourth-order valence-electron chi connectivity index (χ4n) is 4.03. The normalized spacial score (nSPS) is 18.7. The molecule has 0 aliphatic carbocycles. The summed E-state index contributed by atoms with van der Waals surface area (Å²) in [4.78, 5) is 38.3. The third kappa shape index (κ3) is 4.21. The lowest BCUT2D eigenvalue weighted by Crippen LogP contribution is -2.48. The zero-order chi connectivity index (χ0) is 24.5. The van der Waals surface area contributed by atoms with Crippen LogP contribution in [0, 0.1) is 6.92 Å². The van der Waals surface area contributed by atoms with Gasteiger partial charge in [-0.1, -0.05) is 17.7 Å². The number of hydrazone groups is 1. The maximum atomic E-state index is 13.8. The third-order valence-corrected chi connectivity index (χ3v) is 6.75. The van der Waals surface area contributed by atoms with Gasteiger partial charge < -0.3 is 19.7 Å². The van der Waals surface area contributed by atoms with E-state index >= 15 is 0 Å². The quantitative estimate of drug-likeness (QED) is 0.636. The molecule has 34 heavy (non-hydrogen) atoms. The number of fused-ring (bicyclic) bond motifs is 2. The second kappa shape index (κ2) is 9.38. The molecule has 178 valence electrons. The van der Waals surface area contributed by atoms with E-state index in [4.69, 9.17) is 9.47 Å². The molecule has 0 fully saturated rings. The number of nitrogens with zero attached hydrogens (tertiary/aromatic N) is 3. The fourth-order valence-corrected chi connectivity index (χ4v) is 5.36. The maximum absolute atomic E-state index is 13.8. The average molecular weight is 483 g/mol. The molecule has 1 unspecified atom stereocenters. The summed E-state index contributed by atoms with van der Waals surface area (Å²) in [6, 6.07) is 13.0. The lowest BCUT2D eigenvalue weighted by Gasteiger charge is -2.29. The largest absolute Gasteiger partial charge is 0.497 e. The Labute approximate surface area is 202 Å². The van der Waals surface area contributed by atoms with E-state index in [-0.39, 0.29) is 17.0 Å². The summed E-state index contributed by atoms with van der Waals surface area (Å²) in [5.74, 6) is 0.468. The van der Waals surface area contributed by atoms with Gasteiger partial charge in [0.25, 0.3) is 5.91 Å². The number of hydrogen-bond acceptors (Lipinski definition) is 7. The van der Waals surface area contributed by atoms with E-state index in [0.29, 0.717) is 30.9 Å². The number of thioether (sulfide) groups is 1. The Kier molecular flexibility index (Phi) is 6.52. The molecule has 10 heteroatoms. The van der Waals surface area contributed by atoms with E-state index in [1.54, 1.807) is 12.0 Å². The third-order valence-electron chi connectivity index (χ3n) is 5.51. The Morgan fingerprint density at radius 3 is 2.47 bits per heavy atom. The molecule has 9 nitrogen and oxygen atoms in total. The first kappa shape index (κ1) is 23.6. The molecular weight excluding hydrogens is 456 g/mol. The first-order chi connectivity index (χ1) is 16.3. The fraction of sp³-hybridized carbons (Fsp3) is 0.333. The van der Waals surface area contributed by atoms with Crippen molar-refractivity contribution >= 4 is 40.3 Å². The van der Waals surface area contributed by atoms with Crippen molar-refractivity contribution in [2.75, 3.05) is 25.2 Å². The minimum atomic E-state index is -1.39. The number of methoxy groups -OCH3 is 1. The van der Waals surface area contributed by atoms with Gasteiger partial charge in [0.2, 0.25) is 16.7 Å². The Bertz CT molecular complexity index is 1170. The van der Waals surface area contributed by atoms with Crippen molar-refractivity contribution in [1.82, 2.24) is 10.3 Å². The second-order valence-corrected chi connectivity index (χ2v) is 9.20. The molecule has 2 aromatic rings. The minimum absolute atomic E-state index is 0.216. The van der Waals surface area contributed by atoms with Crippen LogP contribution in [-0.2, 0) is 19.3 Å². The number of amides is 3. The first-order valence-corrected chi connectivity index (χ1v) is 11.6. The maximum Gasteiger partial charge on any atom is 0.270 e. The molecule has 0 saturated carbocycles. The summed E-state index contributed by atoms with van der Waals surface area (Å²) in [6.07, 6.45) is 0.575. The van der Waals surface area contributed by atoms with Crippen molar-refractivity contribution in [2.24, 2.45) is 5.10 Å². The number of amidine groups is 1. The Hall–Kier alpha value is -3.53. The molecule has 4 rings (SSSR count). The van der Waals surface area contributed by atoms with Crippen LogP contribution in [0.4, 0.5) is 5.69 Å². The van der Waals surface area contributed by atoms with Crippen molar-refractivity contribution in [2.45, 2.75) is 32.1 Å². The topological polar surface area (TPSA) is 101 Å². The molecule has 1 spiro atoms. The second-order valence-electron chi connectivity index (χ2n) is 8.02. The lowest BCUT2D eigenvalue weighted by molar-refractivity contribution is -0.139. The van der Waals surface area contributed by atoms with Gasteiger partial charge in [-0.05, 0) is 55.4 Å². The summed E-state index contributed by atoms with van der Waals surface area (Å²) in [5.41, 5.74) is 2.35. The Morgan fingerprint density at radius 2 is 1.82 bits per heavy atom. The van der Waals surface area contributed by atoms with Crippen LogP contribution < -0.4 is 19.7 Å². The van der Waals surface area contributed by atoms with E-state index in [2.05, 4.69) is 10.4 Å². The highest BCUT2D eigenvalue weighted by Crippen LogP contribution is 2.54. The SMILES string of the molecule is COc1ccc(OCCCN2C(=O)C3(SC(NC(C)=O)=NN3C(C)=O)c3cc(C)ccc32)cc1. The molecule has 2 aromatic carbocycles. The van der Waals surface area contributed by atoms with Gasteiger partial charge in [0.05, 0.1) is 19.4 Å². The van der Waals surface area contributed by atoms with Gasteiger partial charge in [0.1, 0.15) is 11.5 Å². The molecule has 1 N–H and O–H groups in total. The highest BCUT2D eigenvalue weighted by Gasteiger charge is 2.61. The van der Waals surface area contributed by atoms with E-state index in [1.807, 2.05) is 49.4 Å². The van der Waals surface area contributed by atoms with Crippen LogP contribution in [0.25, 0.3) is 0 Å². The zero-order valence-electron chi connectivity index (χ0n) is 19.5. The molecule has 1 atom stereocenters. The molecule has 0 radical (unpaired) electrons. The van der Waals surface area contributed by atoms with Gasteiger partial charge in [-0.15, -0.1) is 5.10 Å². The Balaban J connectivity index is 1.55. The van der Waals surface area contributed by atoms with Crippen molar-refractivity contribution in [1.29, 1.82) is 0 Å². The number of carbonyl (C=O) groups is 3. The average Bonchev–Trinajstić information content (AvgIpc) is 3.28. The molecule has 2 aliphatic rings. The van der Waals surface area contributed by atoms with Crippen LogP contribution in [0.15, 0.2) is 47.6 Å². The van der Waals surface area contributed by atoms with Crippen LogP contribution in [0.3, 0.4) is 0 Å². The van der Waals surface area contributed by atoms with Crippen molar-refractivity contribution < 1.29 is 23.9 Å². The summed E-state index contributed by atoms with van der Waals surface area (Å²) >= 11 is 1.08.